The number of amides is 1. The first-order chi connectivity index (χ1) is 15.1. The maximum Gasteiger partial charge on any atom is 0.277 e. The minimum atomic E-state index is -0.419. The topological polar surface area (TPSA) is 82.6 Å². The molecule has 2 N–H and O–H groups in total. The van der Waals surface area contributed by atoms with E-state index < -0.39 is 5.91 Å². The van der Waals surface area contributed by atoms with Gasteiger partial charge in [0.05, 0.1) is 6.21 Å². The highest BCUT2D eigenvalue weighted by Crippen LogP contribution is 2.25. The van der Waals surface area contributed by atoms with Crippen LogP contribution in [-0.2, 0) is 6.54 Å². The van der Waals surface area contributed by atoms with Crippen molar-refractivity contribution in [2.45, 2.75) is 6.54 Å². The SMILES string of the molecule is O=C(C[n+]1cccc(C(=O)N/N=C/c2c(O)ccc3ccccc23)c1)c1ccccc1.[Br-]. The number of aromatic hydroxyl groups is 1. The standard InChI is InChI=1S/C25H19N3O3.BrH/c29-23-13-12-18-7-4-5-11-21(18)22(23)15-26-27-25(31)20-10-6-14-28(16-20)17-24(30)19-8-2-1-3-9-19;/h1-16H,17H2,(H-,26,27,29,31);1H. The number of hydrogen-bond donors (Lipinski definition) is 2. The number of benzene rings is 3. The molecule has 0 unspecified atom stereocenters. The summed E-state index contributed by atoms with van der Waals surface area (Å²) in [5, 5.41) is 16.0. The van der Waals surface area contributed by atoms with Crippen LogP contribution in [0.1, 0.15) is 26.3 Å². The quantitative estimate of drug-likeness (QED) is 0.179. The molecule has 4 aromatic rings. The zero-order chi connectivity index (χ0) is 21.6. The van der Waals surface area contributed by atoms with E-state index in [1.165, 1.54) is 6.21 Å². The molecule has 0 fully saturated rings. The first-order valence-electron chi connectivity index (χ1n) is 9.73. The van der Waals surface area contributed by atoms with Crippen molar-refractivity contribution in [3.8, 4) is 5.75 Å². The van der Waals surface area contributed by atoms with Crippen LogP contribution in [0.25, 0.3) is 10.8 Å². The summed E-state index contributed by atoms with van der Waals surface area (Å²) in [7, 11) is 0. The van der Waals surface area contributed by atoms with Crippen molar-refractivity contribution >= 4 is 28.7 Å². The molecule has 0 aliphatic rings. The summed E-state index contributed by atoms with van der Waals surface area (Å²) in [4.78, 5) is 24.9. The van der Waals surface area contributed by atoms with Crippen molar-refractivity contribution in [1.29, 1.82) is 0 Å². The Bertz CT molecular complexity index is 1290. The second kappa shape index (κ2) is 10.5. The van der Waals surface area contributed by atoms with E-state index in [0.29, 0.717) is 16.7 Å². The van der Waals surface area contributed by atoms with Crippen LogP contribution in [0.5, 0.6) is 5.75 Å². The molecule has 0 bridgehead atoms. The summed E-state index contributed by atoms with van der Waals surface area (Å²) in [5.74, 6) is -0.390. The molecule has 6 nitrogen and oxygen atoms in total. The van der Waals surface area contributed by atoms with E-state index in [-0.39, 0.29) is 35.1 Å². The molecule has 0 aliphatic heterocycles. The minimum absolute atomic E-state index is 0. The van der Waals surface area contributed by atoms with Gasteiger partial charge in [0.25, 0.3) is 5.91 Å². The van der Waals surface area contributed by atoms with Gasteiger partial charge in [-0.3, -0.25) is 9.59 Å². The molecule has 1 amide bonds. The first-order valence-corrected chi connectivity index (χ1v) is 9.73. The van der Waals surface area contributed by atoms with Gasteiger partial charge in [0.2, 0.25) is 12.3 Å². The van der Waals surface area contributed by atoms with Crippen LogP contribution >= 0.6 is 0 Å². The highest BCUT2D eigenvalue weighted by Gasteiger charge is 2.15. The third-order valence-corrected chi connectivity index (χ3v) is 4.85. The Labute approximate surface area is 195 Å². The number of phenolic OH excluding ortho intramolecular Hbond substituents is 1. The maximum absolute atomic E-state index is 12.5. The highest BCUT2D eigenvalue weighted by molar-refractivity contribution is 6.03. The first kappa shape index (κ1) is 22.8. The molecule has 0 spiro atoms. The number of phenols is 1. The van der Waals surface area contributed by atoms with E-state index in [9.17, 15) is 14.7 Å². The number of hydrazone groups is 1. The minimum Gasteiger partial charge on any atom is -1.00 e. The van der Waals surface area contributed by atoms with Crippen LogP contribution in [0, 0.1) is 0 Å². The van der Waals surface area contributed by atoms with E-state index in [1.54, 1.807) is 47.3 Å². The smallest absolute Gasteiger partial charge is 0.277 e. The lowest BCUT2D eigenvalue weighted by Crippen LogP contribution is -3.00. The molecule has 3 aromatic carbocycles. The molecule has 160 valence electrons. The number of nitrogens with one attached hydrogen (secondary N) is 1. The number of aromatic nitrogens is 1. The summed E-state index contributed by atoms with van der Waals surface area (Å²) < 4.78 is 1.66. The van der Waals surface area contributed by atoms with Crippen molar-refractivity contribution in [1.82, 2.24) is 5.43 Å². The lowest BCUT2D eigenvalue weighted by Gasteiger charge is -2.05. The van der Waals surface area contributed by atoms with Gasteiger partial charge in [0, 0.05) is 17.2 Å². The monoisotopic (exact) mass is 489 g/mol. The van der Waals surface area contributed by atoms with Crippen molar-refractivity contribution in [2.24, 2.45) is 5.10 Å². The molecular formula is C25H20BrN3O3. The third kappa shape index (κ3) is 5.25. The number of rotatable bonds is 6. The Kier molecular flexibility index (Phi) is 7.46. The van der Waals surface area contributed by atoms with E-state index in [1.807, 2.05) is 48.5 Å². The van der Waals surface area contributed by atoms with Gasteiger partial charge in [-0.25, -0.2) is 5.43 Å². The van der Waals surface area contributed by atoms with Crippen LogP contribution in [0.15, 0.2) is 96.4 Å². The van der Waals surface area contributed by atoms with E-state index >= 15 is 0 Å². The van der Waals surface area contributed by atoms with Gasteiger partial charge in [0.15, 0.2) is 12.4 Å². The summed E-state index contributed by atoms with van der Waals surface area (Å²) in [5.41, 5.74) is 3.97. The predicted octanol–water partition coefficient (Wildman–Crippen LogP) is 0.484. The molecule has 0 saturated heterocycles. The molecule has 0 atom stereocenters. The Morgan fingerprint density at radius 2 is 1.62 bits per heavy atom. The molecule has 32 heavy (non-hydrogen) atoms. The number of nitrogens with zero attached hydrogens (tertiary/aromatic N) is 2. The van der Waals surface area contributed by atoms with Crippen LogP contribution in [0.4, 0.5) is 0 Å². The van der Waals surface area contributed by atoms with Gasteiger partial charge in [0.1, 0.15) is 11.3 Å². The fraction of sp³-hybridized carbons (Fsp3) is 0.0400. The molecule has 0 aliphatic carbocycles. The number of ketones is 1. The lowest BCUT2D eigenvalue weighted by molar-refractivity contribution is -0.683. The molecule has 1 aromatic heterocycles. The van der Waals surface area contributed by atoms with E-state index in [0.717, 1.165) is 10.8 Å². The van der Waals surface area contributed by atoms with Crippen LogP contribution in [0.2, 0.25) is 0 Å². The summed E-state index contributed by atoms with van der Waals surface area (Å²) in [6, 6.07) is 23.4. The van der Waals surface area contributed by atoms with Gasteiger partial charge in [-0.15, -0.1) is 0 Å². The predicted molar refractivity (Wildman–Crippen MR) is 118 cm³/mol. The van der Waals surface area contributed by atoms with Crippen molar-refractivity contribution < 1.29 is 36.2 Å². The fourth-order valence-corrected chi connectivity index (χ4v) is 3.28. The molecule has 1 heterocycles. The number of carbonyl (C=O) groups is 2. The van der Waals surface area contributed by atoms with E-state index in [2.05, 4.69) is 10.5 Å². The summed E-state index contributed by atoms with van der Waals surface area (Å²) >= 11 is 0. The molecular weight excluding hydrogens is 470 g/mol. The summed E-state index contributed by atoms with van der Waals surface area (Å²) in [6.45, 7) is 0.123. The normalized spacial score (nSPS) is 10.6. The molecule has 0 radical (unpaired) electrons. The Balaban J connectivity index is 0.00000289. The van der Waals surface area contributed by atoms with E-state index in [4.69, 9.17) is 0 Å². The average Bonchev–Trinajstić information content (AvgIpc) is 2.81. The lowest BCUT2D eigenvalue weighted by atomic mass is 10.0. The molecule has 4 rings (SSSR count). The number of fused-ring (bicyclic) bond motifs is 1. The number of Topliss-reactive ketones (excluding diaryl/α,β-unsaturated/α-hetero) is 1. The number of hydrogen-bond acceptors (Lipinski definition) is 4. The Hall–Kier alpha value is -3.84. The highest BCUT2D eigenvalue weighted by atomic mass is 79.9. The largest absolute Gasteiger partial charge is 1.00 e. The third-order valence-electron chi connectivity index (χ3n) is 4.85. The number of halogens is 1. The fourth-order valence-electron chi connectivity index (χ4n) is 3.28. The van der Waals surface area contributed by atoms with Gasteiger partial charge in [-0.1, -0.05) is 60.7 Å². The second-order valence-electron chi connectivity index (χ2n) is 6.97. The van der Waals surface area contributed by atoms with Gasteiger partial charge < -0.3 is 22.1 Å². The van der Waals surface area contributed by atoms with Crippen molar-refractivity contribution in [2.75, 3.05) is 0 Å². The van der Waals surface area contributed by atoms with Crippen LogP contribution < -0.4 is 27.0 Å². The second-order valence-corrected chi connectivity index (χ2v) is 6.97. The zero-order valence-electron chi connectivity index (χ0n) is 17.0. The molecule has 7 heteroatoms. The number of carbonyl (C=O) groups excluding carboxylic acids is 2. The van der Waals surface area contributed by atoms with Gasteiger partial charge >= 0.3 is 0 Å². The van der Waals surface area contributed by atoms with Crippen LogP contribution in [-0.4, -0.2) is 23.0 Å². The van der Waals surface area contributed by atoms with Crippen molar-refractivity contribution in [3.63, 3.8) is 0 Å². The Morgan fingerprint density at radius 1 is 0.906 bits per heavy atom. The van der Waals surface area contributed by atoms with Gasteiger partial charge in [-0.2, -0.15) is 9.67 Å². The van der Waals surface area contributed by atoms with Crippen molar-refractivity contribution in [3.05, 3.63) is 108 Å². The van der Waals surface area contributed by atoms with Crippen LogP contribution in [0.3, 0.4) is 0 Å². The number of pyridine rings is 1. The summed E-state index contributed by atoms with van der Waals surface area (Å²) in [6.07, 6.45) is 4.75. The maximum atomic E-state index is 12.5. The Morgan fingerprint density at radius 3 is 2.44 bits per heavy atom. The average molecular weight is 490 g/mol. The molecule has 0 saturated carbocycles. The van der Waals surface area contributed by atoms with Gasteiger partial charge in [-0.05, 0) is 22.9 Å². The zero-order valence-corrected chi connectivity index (χ0v) is 18.6.